The molecule has 1 fully saturated rings. The number of aromatic nitrogens is 1. The zero-order chi connectivity index (χ0) is 18.9. The molecule has 0 spiro atoms. The number of amides is 1. The van der Waals surface area contributed by atoms with Crippen molar-refractivity contribution in [2.45, 2.75) is 45.6 Å². The van der Waals surface area contributed by atoms with E-state index in [-0.39, 0.29) is 29.9 Å². The van der Waals surface area contributed by atoms with Crippen LogP contribution >= 0.6 is 0 Å². The lowest BCUT2D eigenvalue weighted by Gasteiger charge is -2.09. The second-order valence-electron chi connectivity index (χ2n) is 7.14. The fourth-order valence-corrected chi connectivity index (χ4v) is 4.74. The lowest BCUT2D eigenvalue weighted by molar-refractivity contribution is -0.121. The minimum atomic E-state index is -3.01. The summed E-state index contributed by atoms with van der Waals surface area (Å²) in [4.78, 5) is 16.7. The largest absolute Gasteiger partial charge is 0.441 e. The Labute approximate surface area is 153 Å². The van der Waals surface area contributed by atoms with Crippen LogP contribution in [0.2, 0.25) is 0 Å². The van der Waals surface area contributed by atoms with E-state index < -0.39 is 9.84 Å². The Balaban J connectivity index is 1.67. The standard InChI is InChI=1S/C19H24N2O4S/c1-12(2)14-4-6-15(7-5-14)19-21-17(13(3)25-19)10-18(22)20-16-8-9-26(23,24)11-16/h4-7,12,16H,8-11H2,1-3H3,(H,20,22). The lowest BCUT2D eigenvalue weighted by atomic mass is 10.0. The summed E-state index contributed by atoms with van der Waals surface area (Å²) in [7, 11) is -3.01. The van der Waals surface area contributed by atoms with E-state index in [0.717, 1.165) is 5.56 Å². The highest BCUT2D eigenvalue weighted by molar-refractivity contribution is 7.91. The highest BCUT2D eigenvalue weighted by Crippen LogP contribution is 2.24. The number of benzene rings is 1. The lowest BCUT2D eigenvalue weighted by Crippen LogP contribution is -2.36. The second-order valence-corrected chi connectivity index (χ2v) is 9.37. The van der Waals surface area contributed by atoms with Gasteiger partial charge in [-0.05, 0) is 37.0 Å². The summed E-state index contributed by atoms with van der Waals surface area (Å²) in [5, 5.41) is 2.78. The van der Waals surface area contributed by atoms with E-state index in [0.29, 0.717) is 29.7 Å². The van der Waals surface area contributed by atoms with Gasteiger partial charge in [0, 0.05) is 11.6 Å². The first kappa shape index (κ1) is 18.6. The van der Waals surface area contributed by atoms with Gasteiger partial charge in [-0.15, -0.1) is 0 Å². The van der Waals surface area contributed by atoms with Crippen molar-refractivity contribution in [2.24, 2.45) is 0 Å². The van der Waals surface area contributed by atoms with Crippen LogP contribution in [0.3, 0.4) is 0 Å². The highest BCUT2D eigenvalue weighted by atomic mass is 32.2. The molecule has 6 nitrogen and oxygen atoms in total. The maximum atomic E-state index is 12.2. The van der Waals surface area contributed by atoms with Gasteiger partial charge in [0.2, 0.25) is 11.8 Å². The number of hydrogen-bond donors (Lipinski definition) is 1. The third-order valence-corrected chi connectivity index (χ3v) is 6.41. The first-order valence-corrected chi connectivity index (χ1v) is 10.6. The molecule has 2 heterocycles. The summed E-state index contributed by atoms with van der Waals surface area (Å²) in [6, 6.07) is 7.73. The molecule has 0 bridgehead atoms. The van der Waals surface area contributed by atoms with Crippen molar-refractivity contribution in [1.29, 1.82) is 0 Å². The van der Waals surface area contributed by atoms with Gasteiger partial charge in [0.1, 0.15) is 5.76 Å². The smallest absolute Gasteiger partial charge is 0.226 e. The first-order valence-electron chi connectivity index (χ1n) is 8.80. The predicted molar refractivity (Wildman–Crippen MR) is 99.7 cm³/mol. The average molecular weight is 376 g/mol. The second kappa shape index (κ2) is 7.23. The highest BCUT2D eigenvalue weighted by Gasteiger charge is 2.29. The van der Waals surface area contributed by atoms with Gasteiger partial charge in [0.05, 0.1) is 23.6 Å². The quantitative estimate of drug-likeness (QED) is 0.866. The molecule has 1 saturated heterocycles. The maximum absolute atomic E-state index is 12.2. The monoisotopic (exact) mass is 376 g/mol. The summed E-state index contributed by atoms with van der Waals surface area (Å²) in [5.74, 6) is 1.46. The normalized spacial score (nSPS) is 19.0. The van der Waals surface area contributed by atoms with Gasteiger partial charge in [0.15, 0.2) is 9.84 Å². The van der Waals surface area contributed by atoms with E-state index in [4.69, 9.17) is 4.42 Å². The minimum Gasteiger partial charge on any atom is -0.441 e. The van der Waals surface area contributed by atoms with Gasteiger partial charge in [-0.1, -0.05) is 26.0 Å². The Morgan fingerprint density at radius 1 is 1.31 bits per heavy atom. The molecule has 1 aromatic heterocycles. The van der Waals surface area contributed by atoms with Gasteiger partial charge < -0.3 is 9.73 Å². The van der Waals surface area contributed by atoms with Gasteiger partial charge in [-0.2, -0.15) is 0 Å². The Bertz CT molecular complexity index is 898. The van der Waals surface area contributed by atoms with Crippen LogP contribution in [-0.2, 0) is 21.1 Å². The molecule has 1 aliphatic heterocycles. The molecule has 0 radical (unpaired) electrons. The predicted octanol–water partition coefficient (Wildman–Crippen LogP) is 2.62. The number of oxazole rings is 1. The van der Waals surface area contributed by atoms with Crippen LogP contribution in [0, 0.1) is 6.92 Å². The molecule has 0 aliphatic carbocycles. The molecule has 1 amide bonds. The third kappa shape index (κ3) is 4.33. The van der Waals surface area contributed by atoms with Crippen LogP contribution in [0.5, 0.6) is 0 Å². The summed E-state index contributed by atoms with van der Waals surface area (Å²) in [5.41, 5.74) is 2.68. The number of aryl methyl sites for hydroxylation is 1. The van der Waals surface area contributed by atoms with Crippen LogP contribution in [-0.4, -0.2) is 36.9 Å². The minimum absolute atomic E-state index is 0.0178. The maximum Gasteiger partial charge on any atom is 0.226 e. The zero-order valence-corrected chi connectivity index (χ0v) is 16.1. The van der Waals surface area contributed by atoms with Crippen molar-refractivity contribution in [1.82, 2.24) is 10.3 Å². The number of sulfone groups is 1. The summed E-state index contributed by atoms with van der Waals surface area (Å²) in [6.07, 6.45) is 0.551. The molecule has 2 aromatic rings. The van der Waals surface area contributed by atoms with Gasteiger partial charge in [-0.3, -0.25) is 4.79 Å². The molecule has 1 aliphatic rings. The molecule has 1 atom stereocenters. The van der Waals surface area contributed by atoms with Crippen molar-refractivity contribution >= 4 is 15.7 Å². The number of hydrogen-bond acceptors (Lipinski definition) is 5. The van der Waals surface area contributed by atoms with Crippen LogP contribution in [0.4, 0.5) is 0 Å². The van der Waals surface area contributed by atoms with E-state index >= 15 is 0 Å². The van der Waals surface area contributed by atoms with Gasteiger partial charge >= 0.3 is 0 Å². The van der Waals surface area contributed by atoms with E-state index in [9.17, 15) is 13.2 Å². The Hall–Kier alpha value is -2.15. The fraction of sp³-hybridized carbons (Fsp3) is 0.474. The summed E-state index contributed by atoms with van der Waals surface area (Å²) in [6.45, 7) is 6.05. The van der Waals surface area contributed by atoms with Gasteiger partial charge in [-0.25, -0.2) is 13.4 Å². The molecule has 7 heteroatoms. The Morgan fingerprint density at radius 3 is 2.58 bits per heavy atom. The van der Waals surface area contributed by atoms with E-state index in [1.165, 1.54) is 5.56 Å². The van der Waals surface area contributed by atoms with Crippen LogP contribution in [0.15, 0.2) is 28.7 Å². The third-order valence-electron chi connectivity index (χ3n) is 4.64. The van der Waals surface area contributed by atoms with E-state index in [1.807, 2.05) is 24.3 Å². The summed E-state index contributed by atoms with van der Waals surface area (Å²) < 4.78 is 28.7. The first-order chi connectivity index (χ1) is 12.2. The van der Waals surface area contributed by atoms with Gasteiger partial charge in [0.25, 0.3) is 0 Å². The van der Waals surface area contributed by atoms with Crippen molar-refractivity contribution in [3.05, 3.63) is 41.3 Å². The zero-order valence-electron chi connectivity index (χ0n) is 15.3. The molecule has 1 aromatic carbocycles. The van der Waals surface area contributed by atoms with E-state index in [1.54, 1.807) is 6.92 Å². The topological polar surface area (TPSA) is 89.3 Å². The molecular formula is C19H24N2O4S. The molecule has 1 unspecified atom stereocenters. The number of carbonyl (C=O) groups excluding carboxylic acids is 1. The van der Waals surface area contributed by atoms with Crippen LogP contribution < -0.4 is 5.32 Å². The van der Waals surface area contributed by atoms with Crippen molar-refractivity contribution < 1.29 is 17.6 Å². The molecular weight excluding hydrogens is 352 g/mol. The van der Waals surface area contributed by atoms with Crippen LogP contribution in [0.25, 0.3) is 11.5 Å². The average Bonchev–Trinajstić information content (AvgIpc) is 3.10. The number of nitrogens with one attached hydrogen (secondary N) is 1. The van der Waals surface area contributed by atoms with Crippen molar-refractivity contribution in [3.63, 3.8) is 0 Å². The van der Waals surface area contributed by atoms with Crippen LogP contribution in [0.1, 0.15) is 43.2 Å². The van der Waals surface area contributed by atoms with Crippen molar-refractivity contribution in [3.8, 4) is 11.5 Å². The van der Waals surface area contributed by atoms with Crippen molar-refractivity contribution in [2.75, 3.05) is 11.5 Å². The Morgan fingerprint density at radius 2 is 2.00 bits per heavy atom. The number of carbonyl (C=O) groups is 1. The summed E-state index contributed by atoms with van der Waals surface area (Å²) >= 11 is 0. The fourth-order valence-electron chi connectivity index (χ4n) is 3.07. The molecule has 0 saturated carbocycles. The molecule has 1 N–H and O–H groups in total. The Kier molecular flexibility index (Phi) is 5.18. The number of rotatable bonds is 5. The molecule has 26 heavy (non-hydrogen) atoms. The molecule has 3 rings (SSSR count). The SMILES string of the molecule is Cc1oc(-c2ccc(C(C)C)cc2)nc1CC(=O)NC1CCS(=O)(=O)C1. The number of nitrogens with zero attached hydrogens (tertiary/aromatic N) is 1. The molecule has 140 valence electrons. The van der Waals surface area contributed by atoms with E-state index in [2.05, 4.69) is 24.1 Å².